The van der Waals surface area contributed by atoms with Gasteiger partial charge in [-0.1, -0.05) is 29.8 Å². The minimum atomic E-state index is -3.10. The van der Waals surface area contributed by atoms with Crippen LogP contribution in [0.15, 0.2) is 42.7 Å². The van der Waals surface area contributed by atoms with Crippen LogP contribution in [0.2, 0.25) is 0 Å². The third-order valence-corrected chi connectivity index (χ3v) is 7.23. The van der Waals surface area contributed by atoms with E-state index in [0.29, 0.717) is 5.56 Å². The van der Waals surface area contributed by atoms with Crippen molar-refractivity contribution in [2.24, 2.45) is 0 Å². The molecular formula is C23H25NO7S. The van der Waals surface area contributed by atoms with Crippen LogP contribution >= 0.6 is 11.8 Å². The highest BCUT2D eigenvalue weighted by Crippen LogP contribution is 2.49. The molecule has 2 heterocycles. The predicted octanol–water partition coefficient (Wildman–Crippen LogP) is 1.47. The molecule has 0 amide bonds. The first kappa shape index (κ1) is 24.1. The van der Waals surface area contributed by atoms with Crippen LogP contribution in [0.3, 0.4) is 0 Å². The summed E-state index contributed by atoms with van der Waals surface area (Å²) >= 11 is 0.748. The Hall–Kier alpha value is -2.59. The van der Waals surface area contributed by atoms with Gasteiger partial charge in [0, 0.05) is 17.5 Å². The van der Waals surface area contributed by atoms with Crippen LogP contribution < -0.4 is 4.74 Å². The fourth-order valence-corrected chi connectivity index (χ4v) is 5.44. The van der Waals surface area contributed by atoms with Crippen LogP contribution in [0.1, 0.15) is 26.3 Å². The average Bonchev–Trinajstić information content (AvgIpc) is 2.74. The molecule has 1 aliphatic heterocycles. The number of carbonyl (C=O) groups excluding carboxylic acids is 3. The number of nitrogens with zero attached hydrogens (tertiary/aromatic N) is 1. The largest absolute Gasteiger partial charge is 0.474 e. The van der Waals surface area contributed by atoms with E-state index >= 15 is 0 Å². The summed E-state index contributed by atoms with van der Waals surface area (Å²) in [7, 11) is 0. The maximum absolute atomic E-state index is 12.6. The Bertz CT molecular complexity index is 1070. The zero-order chi connectivity index (χ0) is 23.9. The van der Waals surface area contributed by atoms with E-state index in [1.807, 2.05) is 31.2 Å². The predicted molar refractivity (Wildman–Crippen MR) is 118 cm³/mol. The molecule has 8 nitrogen and oxygen atoms in total. The van der Waals surface area contributed by atoms with Gasteiger partial charge in [0.15, 0.2) is 34.0 Å². The van der Waals surface area contributed by atoms with E-state index in [2.05, 4.69) is 4.98 Å². The Morgan fingerprint density at radius 3 is 2.12 bits per heavy atom. The van der Waals surface area contributed by atoms with Crippen molar-refractivity contribution >= 4 is 29.1 Å². The summed E-state index contributed by atoms with van der Waals surface area (Å²) in [5, 5.41) is 33.5. The van der Waals surface area contributed by atoms with Gasteiger partial charge in [-0.05, 0) is 39.3 Å². The molecule has 0 aliphatic carbocycles. The number of ether oxygens (including phenoxy) is 1. The quantitative estimate of drug-likeness (QED) is 0.587. The van der Waals surface area contributed by atoms with Gasteiger partial charge in [0.05, 0.1) is 6.20 Å². The summed E-state index contributed by atoms with van der Waals surface area (Å²) in [6, 6.07) is 9.31. The lowest BCUT2D eigenvalue weighted by molar-refractivity contribution is -0.236. The summed E-state index contributed by atoms with van der Waals surface area (Å²) in [6.07, 6.45) is 2.97. The summed E-state index contributed by atoms with van der Waals surface area (Å²) in [4.78, 5) is 41.4. The van der Waals surface area contributed by atoms with Crippen LogP contribution in [-0.2, 0) is 14.4 Å². The Morgan fingerprint density at radius 2 is 1.59 bits per heavy atom. The van der Waals surface area contributed by atoms with Gasteiger partial charge in [-0.15, -0.1) is 11.8 Å². The summed E-state index contributed by atoms with van der Waals surface area (Å²) in [5.74, 6) is -3.42. The fourth-order valence-electron chi connectivity index (χ4n) is 3.87. The number of ketones is 3. The highest BCUT2D eigenvalue weighted by Gasteiger charge is 2.75. The second-order valence-electron chi connectivity index (χ2n) is 8.04. The van der Waals surface area contributed by atoms with Gasteiger partial charge in [-0.2, -0.15) is 0 Å². The van der Waals surface area contributed by atoms with Crippen LogP contribution in [0.5, 0.6) is 5.75 Å². The number of hydrogen-bond donors (Lipinski definition) is 3. The Balaban J connectivity index is 2.04. The zero-order valence-corrected chi connectivity index (χ0v) is 19.0. The van der Waals surface area contributed by atoms with Gasteiger partial charge in [0.2, 0.25) is 5.60 Å². The second kappa shape index (κ2) is 8.40. The zero-order valence-electron chi connectivity index (χ0n) is 18.2. The number of rotatable bonds is 6. The van der Waals surface area contributed by atoms with Crippen molar-refractivity contribution in [3.63, 3.8) is 0 Å². The third-order valence-electron chi connectivity index (χ3n) is 5.90. The molecule has 1 aromatic carbocycles. The first-order valence-electron chi connectivity index (χ1n) is 9.88. The van der Waals surface area contributed by atoms with Gasteiger partial charge in [0.25, 0.3) is 0 Å². The van der Waals surface area contributed by atoms with Crippen molar-refractivity contribution in [1.82, 2.24) is 4.98 Å². The maximum Gasteiger partial charge on any atom is 0.208 e. The number of thioether (sulfide) groups is 1. The molecule has 1 saturated heterocycles. The van der Waals surface area contributed by atoms with E-state index in [-0.39, 0.29) is 5.75 Å². The smallest absolute Gasteiger partial charge is 0.208 e. The van der Waals surface area contributed by atoms with E-state index in [0.717, 1.165) is 43.7 Å². The SMILES string of the molecule is CC(=O)[C@]1(O)[C@@](O)(C(C)=O)CS[C@H](Oc2cncc(-c3ccc(C)cc3)c2)[C@@]1(O)C(C)=O. The maximum atomic E-state index is 12.6. The van der Waals surface area contributed by atoms with E-state index in [9.17, 15) is 29.7 Å². The van der Waals surface area contributed by atoms with Crippen molar-refractivity contribution < 1.29 is 34.4 Å². The highest BCUT2D eigenvalue weighted by atomic mass is 32.2. The number of aromatic nitrogens is 1. The second-order valence-corrected chi connectivity index (χ2v) is 9.09. The Morgan fingerprint density at radius 1 is 0.969 bits per heavy atom. The molecule has 9 heteroatoms. The van der Waals surface area contributed by atoms with Crippen LogP contribution in [0.25, 0.3) is 11.1 Å². The average molecular weight is 460 g/mol. The van der Waals surface area contributed by atoms with Gasteiger partial charge in [-0.25, -0.2) is 0 Å². The lowest BCUT2D eigenvalue weighted by atomic mass is 9.65. The third kappa shape index (κ3) is 3.55. The number of aliphatic hydroxyl groups is 3. The molecular weight excluding hydrogens is 434 g/mol. The lowest BCUT2D eigenvalue weighted by Gasteiger charge is -2.54. The molecule has 1 aliphatic rings. The van der Waals surface area contributed by atoms with Crippen molar-refractivity contribution in [3.05, 3.63) is 48.3 Å². The molecule has 4 atom stereocenters. The molecule has 1 aromatic heterocycles. The monoisotopic (exact) mass is 459 g/mol. The van der Waals surface area contributed by atoms with E-state index in [4.69, 9.17) is 4.74 Å². The molecule has 1 fully saturated rings. The molecule has 170 valence electrons. The topological polar surface area (TPSA) is 134 Å². The first-order valence-corrected chi connectivity index (χ1v) is 10.9. The number of Topliss-reactive ketones (excluding diaryl/α,β-unsaturated/α-hetero) is 3. The molecule has 3 rings (SSSR count). The number of pyridine rings is 1. The number of carbonyl (C=O) groups is 3. The number of aryl methyl sites for hydroxylation is 1. The molecule has 2 aromatic rings. The molecule has 0 radical (unpaired) electrons. The lowest BCUT2D eigenvalue weighted by Crippen LogP contribution is -2.82. The molecule has 0 spiro atoms. The minimum absolute atomic E-state index is 0.166. The molecule has 0 unspecified atom stereocenters. The van der Waals surface area contributed by atoms with Gasteiger partial charge < -0.3 is 20.1 Å². The first-order chi connectivity index (χ1) is 14.9. The fraction of sp³-hybridized carbons (Fsp3) is 0.391. The van der Waals surface area contributed by atoms with Crippen LogP contribution in [0, 0.1) is 6.92 Å². The van der Waals surface area contributed by atoms with Crippen molar-refractivity contribution in [3.8, 4) is 16.9 Å². The summed E-state index contributed by atoms with van der Waals surface area (Å²) in [5.41, 5.74) is -7.53. The van der Waals surface area contributed by atoms with E-state index in [1.165, 1.54) is 6.20 Å². The van der Waals surface area contributed by atoms with Crippen molar-refractivity contribution in [2.45, 2.75) is 49.9 Å². The van der Waals surface area contributed by atoms with E-state index < -0.39 is 45.3 Å². The van der Waals surface area contributed by atoms with Gasteiger partial charge >= 0.3 is 0 Å². The van der Waals surface area contributed by atoms with Crippen LogP contribution in [0.4, 0.5) is 0 Å². The molecule has 3 N–H and O–H groups in total. The molecule has 32 heavy (non-hydrogen) atoms. The van der Waals surface area contributed by atoms with Gasteiger partial charge in [0.1, 0.15) is 5.75 Å². The highest BCUT2D eigenvalue weighted by molar-refractivity contribution is 8.00. The minimum Gasteiger partial charge on any atom is -0.474 e. The number of benzene rings is 1. The Labute approximate surface area is 189 Å². The summed E-state index contributed by atoms with van der Waals surface area (Å²) < 4.78 is 5.83. The van der Waals surface area contributed by atoms with Crippen molar-refractivity contribution in [2.75, 3.05) is 5.75 Å². The van der Waals surface area contributed by atoms with Crippen LogP contribution in [-0.4, -0.2) is 65.6 Å². The molecule has 0 saturated carbocycles. The standard InChI is InChI=1S/C23H25NO7S/c1-13-5-7-17(8-6-13)18-9-19(11-24-10-18)31-20-22(29,15(3)26)23(30,16(4)27)21(28,12-32-20)14(2)25/h5-11,20,28-30H,12H2,1-4H3/t20-,21-,22-,23-/m0/s1. The Kier molecular flexibility index (Phi) is 6.32. The molecule has 0 bridgehead atoms. The van der Waals surface area contributed by atoms with Gasteiger partial charge in [-0.3, -0.25) is 19.4 Å². The van der Waals surface area contributed by atoms with E-state index in [1.54, 1.807) is 12.3 Å². The van der Waals surface area contributed by atoms with Crippen molar-refractivity contribution in [1.29, 1.82) is 0 Å². The normalized spacial score (nSPS) is 29.9. The summed E-state index contributed by atoms with van der Waals surface area (Å²) in [6.45, 7) is 4.79. The number of hydrogen-bond acceptors (Lipinski definition) is 9.